The number of aliphatic hydroxyl groups excluding tert-OH is 1. The molecule has 98 valence electrons. The maximum atomic E-state index is 11.4. The average molecular weight is 296 g/mol. The van der Waals surface area contributed by atoms with E-state index in [0.29, 0.717) is 16.3 Å². The van der Waals surface area contributed by atoms with Crippen LogP contribution in [0.15, 0.2) is 34.3 Å². The zero-order valence-corrected chi connectivity index (χ0v) is 11.5. The fourth-order valence-electron chi connectivity index (χ4n) is 1.90. The van der Waals surface area contributed by atoms with Crippen LogP contribution in [0.3, 0.4) is 0 Å². The van der Waals surface area contributed by atoms with Gasteiger partial charge in [0, 0.05) is 29.4 Å². The number of hydrogen-bond donors (Lipinski definition) is 2. The van der Waals surface area contributed by atoms with Crippen LogP contribution in [-0.4, -0.2) is 20.8 Å². The Hall–Kier alpha value is -1.50. The SMILES string of the molecule is Cn1cc(Sc2cc3c(cc2Cl)C(O)C(=O)N3)cn1. The first-order chi connectivity index (χ1) is 9.04. The lowest BCUT2D eigenvalue weighted by molar-refractivity contribution is -0.123. The Morgan fingerprint density at radius 2 is 2.32 bits per heavy atom. The zero-order valence-electron chi connectivity index (χ0n) is 9.92. The van der Waals surface area contributed by atoms with Crippen molar-refractivity contribution in [1.82, 2.24) is 9.78 Å². The molecule has 0 saturated carbocycles. The molecule has 7 heteroatoms. The molecule has 2 aromatic rings. The number of fused-ring (bicyclic) bond motifs is 1. The summed E-state index contributed by atoms with van der Waals surface area (Å²) in [6.45, 7) is 0. The Balaban J connectivity index is 1.96. The number of aryl methyl sites for hydroxylation is 1. The van der Waals surface area contributed by atoms with Gasteiger partial charge in [-0.2, -0.15) is 5.10 Å². The molecule has 19 heavy (non-hydrogen) atoms. The van der Waals surface area contributed by atoms with Gasteiger partial charge in [0.1, 0.15) is 0 Å². The Morgan fingerprint density at radius 3 is 3.00 bits per heavy atom. The maximum absolute atomic E-state index is 11.4. The number of carbonyl (C=O) groups excluding carboxylic acids is 1. The first kappa shape index (κ1) is 12.5. The molecule has 1 aliphatic heterocycles. The largest absolute Gasteiger partial charge is 0.378 e. The Kier molecular flexibility index (Phi) is 3.00. The highest BCUT2D eigenvalue weighted by atomic mass is 35.5. The van der Waals surface area contributed by atoms with Gasteiger partial charge < -0.3 is 10.4 Å². The van der Waals surface area contributed by atoms with E-state index in [1.54, 1.807) is 23.0 Å². The third-order valence-corrected chi connectivity index (χ3v) is 4.24. The van der Waals surface area contributed by atoms with Crippen LogP contribution in [-0.2, 0) is 11.8 Å². The molecule has 5 nitrogen and oxygen atoms in total. The molecular formula is C12H10ClN3O2S. The number of nitrogens with one attached hydrogen (secondary N) is 1. The minimum absolute atomic E-state index is 0.422. The van der Waals surface area contributed by atoms with Crippen molar-refractivity contribution in [2.75, 3.05) is 5.32 Å². The van der Waals surface area contributed by atoms with Gasteiger partial charge in [0.05, 0.1) is 16.1 Å². The minimum atomic E-state index is -1.13. The normalized spacial score (nSPS) is 17.4. The third kappa shape index (κ3) is 2.22. The average Bonchev–Trinajstić information content (AvgIpc) is 2.87. The van der Waals surface area contributed by atoms with E-state index in [1.165, 1.54) is 11.8 Å². The molecule has 2 heterocycles. The number of nitrogens with zero attached hydrogens (tertiary/aromatic N) is 2. The van der Waals surface area contributed by atoms with E-state index < -0.39 is 12.0 Å². The molecule has 1 amide bonds. The van der Waals surface area contributed by atoms with Crippen LogP contribution in [0.25, 0.3) is 0 Å². The van der Waals surface area contributed by atoms with E-state index in [2.05, 4.69) is 10.4 Å². The summed E-state index contributed by atoms with van der Waals surface area (Å²) in [5.74, 6) is -0.422. The number of benzene rings is 1. The molecule has 2 N–H and O–H groups in total. The molecular weight excluding hydrogens is 286 g/mol. The molecule has 1 aliphatic rings. The molecule has 3 rings (SSSR count). The molecule has 0 fully saturated rings. The van der Waals surface area contributed by atoms with Gasteiger partial charge in [0.25, 0.3) is 5.91 Å². The van der Waals surface area contributed by atoms with Gasteiger partial charge in [0.2, 0.25) is 0 Å². The molecule has 0 saturated heterocycles. The van der Waals surface area contributed by atoms with Gasteiger partial charge >= 0.3 is 0 Å². The molecule has 0 spiro atoms. The van der Waals surface area contributed by atoms with Crippen molar-refractivity contribution in [2.24, 2.45) is 7.05 Å². The summed E-state index contributed by atoms with van der Waals surface area (Å²) in [6, 6.07) is 3.39. The number of hydrogen-bond acceptors (Lipinski definition) is 4. The first-order valence-corrected chi connectivity index (χ1v) is 6.73. The number of amides is 1. The Bertz CT molecular complexity index is 671. The number of anilines is 1. The highest BCUT2D eigenvalue weighted by Gasteiger charge is 2.29. The molecule has 0 aliphatic carbocycles. The predicted molar refractivity (Wildman–Crippen MR) is 72.4 cm³/mol. The van der Waals surface area contributed by atoms with Crippen molar-refractivity contribution in [3.8, 4) is 0 Å². The van der Waals surface area contributed by atoms with Gasteiger partial charge in [0.15, 0.2) is 6.10 Å². The topological polar surface area (TPSA) is 67.2 Å². The van der Waals surface area contributed by atoms with Gasteiger partial charge in [-0.3, -0.25) is 9.48 Å². The van der Waals surface area contributed by atoms with Crippen LogP contribution in [0.1, 0.15) is 11.7 Å². The molecule has 0 radical (unpaired) electrons. The van der Waals surface area contributed by atoms with Crippen LogP contribution < -0.4 is 5.32 Å². The highest BCUT2D eigenvalue weighted by molar-refractivity contribution is 7.99. The van der Waals surface area contributed by atoms with Crippen molar-refractivity contribution in [3.05, 3.63) is 35.1 Å². The summed E-state index contributed by atoms with van der Waals surface area (Å²) in [4.78, 5) is 13.2. The number of aliphatic hydroxyl groups is 1. The smallest absolute Gasteiger partial charge is 0.257 e. The monoisotopic (exact) mass is 295 g/mol. The van der Waals surface area contributed by atoms with E-state index in [9.17, 15) is 9.90 Å². The quantitative estimate of drug-likeness (QED) is 0.891. The van der Waals surface area contributed by atoms with Crippen molar-refractivity contribution in [1.29, 1.82) is 0 Å². The van der Waals surface area contributed by atoms with Gasteiger partial charge in [-0.05, 0) is 12.1 Å². The maximum Gasteiger partial charge on any atom is 0.257 e. The van der Waals surface area contributed by atoms with E-state index in [4.69, 9.17) is 11.6 Å². The van der Waals surface area contributed by atoms with Crippen LogP contribution in [0, 0.1) is 0 Å². The molecule has 0 bridgehead atoms. The summed E-state index contributed by atoms with van der Waals surface area (Å²) in [5.41, 5.74) is 1.12. The van der Waals surface area contributed by atoms with E-state index in [-0.39, 0.29) is 0 Å². The molecule has 1 unspecified atom stereocenters. The van der Waals surface area contributed by atoms with Crippen molar-refractivity contribution in [3.63, 3.8) is 0 Å². The van der Waals surface area contributed by atoms with Crippen LogP contribution >= 0.6 is 23.4 Å². The standard InChI is InChI=1S/C12H10ClN3O2S/c1-16-5-6(4-14-16)19-10-3-9-7(2-8(10)13)11(17)12(18)15-9/h2-5,11,17H,1H3,(H,15,18). The molecule has 1 atom stereocenters. The number of aromatic nitrogens is 2. The Morgan fingerprint density at radius 1 is 1.53 bits per heavy atom. The lowest BCUT2D eigenvalue weighted by Gasteiger charge is -2.06. The summed E-state index contributed by atoms with van der Waals surface area (Å²) in [6.07, 6.45) is 2.48. The summed E-state index contributed by atoms with van der Waals surface area (Å²) in [5, 5.41) is 16.9. The molecule has 1 aromatic carbocycles. The Labute approximate surface area is 118 Å². The third-order valence-electron chi connectivity index (χ3n) is 2.81. The lowest BCUT2D eigenvalue weighted by Crippen LogP contribution is -2.10. The minimum Gasteiger partial charge on any atom is -0.378 e. The zero-order chi connectivity index (χ0) is 13.6. The van der Waals surface area contributed by atoms with Crippen molar-refractivity contribution >= 4 is 35.0 Å². The lowest BCUT2D eigenvalue weighted by atomic mass is 10.1. The molecule has 1 aromatic heterocycles. The van der Waals surface area contributed by atoms with Crippen molar-refractivity contribution < 1.29 is 9.90 Å². The van der Waals surface area contributed by atoms with Gasteiger partial charge in [-0.25, -0.2) is 0 Å². The summed E-state index contributed by atoms with van der Waals surface area (Å²) >= 11 is 7.63. The van der Waals surface area contributed by atoms with Crippen LogP contribution in [0.5, 0.6) is 0 Å². The van der Waals surface area contributed by atoms with E-state index in [1.807, 2.05) is 13.2 Å². The summed E-state index contributed by atoms with van der Waals surface area (Å²) < 4.78 is 1.70. The van der Waals surface area contributed by atoms with Gasteiger partial charge in [-0.15, -0.1) is 0 Å². The predicted octanol–water partition coefficient (Wildman–Crippen LogP) is 2.21. The second-order valence-corrected chi connectivity index (χ2v) is 5.74. The van der Waals surface area contributed by atoms with Crippen molar-refractivity contribution in [2.45, 2.75) is 15.9 Å². The second kappa shape index (κ2) is 4.56. The van der Waals surface area contributed by atoms with Gasteiger partial charge in [-0.1, -0.05) is 23.4 Å². The van der Waals surface area contributed by atoms with Crippen LogP contribution in [0.2, 0.25) is 5.02 Å². The highest BCUT2D eigenvalue weighted by Crippen LogP contribution is 2.40. The number of halogens is 1. The fraction of sp³-hybridized carbons (Fsp3) is 0.167. The van der Waals surface area contributed by atoms with E-state index >= 15 is 0 Å². The number of carbonyl (C=O) groups is 1. The summed E-state index contributed by atoms with van der Waals surface area (Å²) in [7, 11) is 1.84. The first-order valence-electron chi connectivity index (χ1n) is 5.53. The second-order valence-electron chi connectivity index (χ2n) is 4.21. The fourth-order valence-corrected chi connectivity index (χ4v) is 3.08. The van der Waals surface area contributed by atoms with Crippen LogP contribution in [0.4, 0.5) is 5.69 Å². The number of rotatable bonds is 2. The van der Waals surface area contributed by atoms with E-state index in [0.717, 1.165) is 9.79 Å².